The molecule has 1 saturated heterocycles. The van der Waals surface area contributed by atoms with Crippen molar-refractivity contribution in [1.29, 1.82) is 0 Å². The quantitative estimate of drug-likeness (QED) is 0.435. The van der Waals surface area contributed by atoms with Crippen molar-refractivity contribution in [2.24, 2.45) is 0 Å². The minimum atomic E-state index is -0.101. The molecular formula is C25H25N7O. The van der Waals surface area contributed by atoms with E-state index in [0.717, 1.165) is 65.4 Å². The summed E-state index contributed by atoms with van der Waals surface area (Å²) in [4.78, 5) is 27.6. The Morgan fingerprint density at radius 1 is 0.970 bits per heavy atom. The summed E-state index contributed by atoms with van der Waals surface area (Å²) in [6.07, 6.45) is 3.63. The normalized spacial score (nSPS) is 13.7. The van der Waals surface area contributed by atoms with Crippen LogP contribution in [0.3, 0.4) is 0 Å². The van der Waals surface area contributed by atoms with Gasteiger partial charge < -0.3 is 20.9 Å². The molecule has 1 amide bonds. The fourth-order valence-electron chi connectivity index (χ4n) is 3.99. The summed E-state index contributed by atoms with van der Waals surface area (Å²) in [6.45, 7) is 5.37. The minimum Gasteiger partial charge on any atom is -0.354 e. The number of nitrogens with one attached hydrogen (secondary N) is 3. The second-order valence-corrected chi connectivity index (χ2v) is 7.97. The second-order valence-electron chi connectivity index (χ2n) is 7.97. The summed E-state index contributed by atoms with van der Waals surface area (Å²) in [5, 5.41) is 10.4. The Kier molecular flexibility index (Phi) is 5.82. The molecule has 0 atom stereocenters. The molecule has 1 aliphatic heterocycles. The molecular weight excluding hydrogens is 414 g/mol. The van der Waals surface area contributed by atoms with E-state index in [1.165, 1.54) is 6.92 Å². The number of carbonyl (C=O) groups is 1. The molecule has 1 fully saturated rings. The number of piperazine rings is 1. The number of hydrogen-bond donors (Lipinski definition) is 3. The maximum absolute atomic E-state index is 11.5. The zero-order chi connectivity index (χ0) is 22.6. The number of pyridine rings is 1. The Morgan fingerprint density at radius 3 is 2.61 bits per heavy atom. The van der Waals surface area contributed by atoms with Gasteiger partial charge in [0, 0.05) is 55.9 Å². The Balaban J connectivity index is 1.42. The monoisotopic (exact) mass is 439 g/mol. The largest absolute Gasteiger partial charge is 0.354 e. The molecule has 0 unspecified atom stereocenters. The maximum Gasteiger partial charge on any atom is 0.227 e. The zero-order valence-electron chi connectivity index (χ0n) is 18.4. The number of aromatic nitrogens is 3. The SMILES string of the molecule is CC(=O)Nc1cccc(-c2cccc3cnc(Nc4ccc(N5CCNCC5)nc4)nc23)c1. The lowest BCUT2D eigenvalue weighted by Crippen LogP contribution is -2.43. The molecule has 5 rings (SSSR count). The van der Waals surface area contributed by atoms with Gasteiger partial charge in [-0.25, -0.2) is 15.0 Å². The molecule has 0 radical (unpaired) electrons. The van der Waals surface area contributed by atoms with E-state index in [4.69, 9.17) is 4.98 Å². The molecule has 1 aliphatic rings. The number of fused-ring (bicyclic) bond motifs is 1. The van der Waals surface area contributed by atoms with Crippen molar-refractivity contribution in [2.45, 2.75) is 6.92 Å². The molecule has 0 spiro atoms. The van der Waals surface area contributed by atoms with Crippen LogP contribution in [-0.4, -0.2) is 47.0 Å². The highest BCUT2D eigenvalue weighted by molar-refractivity contribution is 5.95. The summed E-state index contributed by atoms with van der Waals surface area (Å²) >= 11 is 0. The predicted octanol–water partition coefficient (Wildman–Crippen LogP) is 3.80. The second kappa shape index (κ2) is 9.22. The number of rotatable bonds is 5. The van der Waals surface area contributed by atoms with Crippen molar-refractivity contribution in [3.8, 4) is 11.1 Å². The smallest absolute Gasteiger partial charge is 0.227 e. The first-order valence-corrected chi connectivity index (χ1v) is 11.0. The van der Waals surface area contributed by atoms with Gasteiger partial charge in [0.2, 0.25) is 11.9 Å². The summed E-state index contributed by atoms with van der Waals surface area (Å²) in [6, 6.07) is 17.8. The highest BCUT2D eigenvalue weighted by Gasteiger charge is 2.12. The van der Waals surface area contributed by atoms with Gasteiger partial charge in [-0.15, -0.1) is 0 Å². The van der Waals surface area contributed by atoms with Crippen molar-refractivity contribution in [3.05, 3.63) is 67.0 Å². The third kappa shape index (κ3) is 4.75. The third-order valence-electron chi connectivity index (χ3n) is 5.55. The van der Waals surface area contributed by atoms with E-state index in [-0.39, 0.29) is 5.91 Å². The van der Waals surface area contributed by atoms with Crippen molar-refractivity contribution in [3.63, 3.8) is 0 Å². The number of para-hydroxylation sites is 1. The Morgan fingerprint density at radius 2 is 1.82 bits per heavy atom. The van der Waals surface area contributed by atoms with Crippen molar-refractivity contribution >= 4 is 40.0 Å². The van der Waals surface area contributed by atoms with Gasteiger partial charge in [-0.05, 0) is 29.8 Å². The third-order valence-corrected chi connectivity index (χ3v) is 5.55. The van der Waals surface area contributed by atoms with Gasteiger partial charge in [-0.3, -0.25) is 4.79 Å². The van der Waals surface area contributed by atoms with E-state index < -0.39 is 0 Å². The molecule has 0 aliphatic carbocycles. The standard InChI is InChI=1S/C25H25N7O/c1-17(33)29-20-6-2-4-18(14-20)22-7-3-5-19-15-28-25(31-24(19)22)30-21-8-9-23(27-16-21)32-12-10-26-11-13-32/h2-9,14-16,26H,10-13H2,1H3,(H,29,33)(H,28,30,31). The fraction of sp³-hybridized carbons (Fsp3) is 0.200. The van der Waals surface area contributed by atoms with E-state index in [2.05, 4.69) is 30.8 Å². The van der Waals surface area contributed by atoms with Crippen LogP contribution in [0.1, 0.15) is 6.92 Å². The summed E-state index contributed by atoms with van der Waals surface area (Å²) in [5.74, 6) is 1.38. The molecule has 0 saturated carbocycles. The molecule has 2 aromatic carbocycles. The fourth-order valence-corrected chi connectivity index (χ4v) is 3.99. The summed E-state index contributed by atoms with van der Waals surface area (Å²) < 4.78 is 0. The van der Waals surface area contributed by atoms with Crippen LogP contribution in [0.15, 0.2) is 67.0 Å². The number of carbonyl (C=O) groups excluding carboxylic acids is 1. The maximum atomic E-state index is 11.5. The van der Waals surface area contributed by atoms with E-state index in [9.17, 15) is 4.79 Å². The number of hydrogen-bond acceptors (Lipinski definition) is 7. The molecule has 33 heavy (non-hydrogen) atoms. The Hall–Kier alpha value is -4.04. The van der Waals surface area contributed by atoms with Gasteiger partial charge in [-0.1, -0.05) is 30.3 Å². The molecule has 3 heterocycles. The van der Waals surface area contributed by atoms with Crippen LogP contribution in [0, 0.1) is 0 Å². The lowest BCUT2D eigenvalue weighted by molar-refractivity contribution is -0.114. The molecule has 166 valence electrons. The van der Waals surface area contributed by atoms with Crippen molar-refractivity contribution in [1.82, 2.24) is 20.3 Å². The van der Waals surface area contributed by atoms with E-state index in [1.807, 2.05) is 67.0 Å². The van der Waals surface area contributed by atoms with Crippen LogP contribution in [0.2, 0.25) is 0 Å². The molecule has 3 N–H and O–H groups in total. The lowest BCUT2D eigenvalue weighted by Gasteiger charge is -2.28. The van der Waals surface area contributed by atoms with Gasteiger partial charge >= 0.3 is 0 Å². The number of nitrogens with zero attached hydrogens (tertiary/aromatic N) is 4. The van der Waals surface area contributed by atoms with Gasteiger partial charge in [0.1, 0.15) is 5.82 Å². The van der Waals surface area contributed by atoms with E-state index >= 15 is 0 Å². The average Bonchev–Trinajstić information content (AvgIpc) is 2.84. The highest BCUT2D eigenvalue weighted by atomic mass is 16.1. The summed E-state index contributed by atoms with van der Waals surface area (Å²) in [7, 11) is 0. The number of benzene rings is 2. The molecule has 0 bridgehead atoms. The molecule has 4 aromatic rings. The van der Waals surface area contributed by atoms with Gasteiger partial charge in [0.15, 0.2) is 0 Å². The highest BCUT2D eigenvalue weighted by Crippen LogP contribution is 2.30. The van der Waals surface area contributed by atoms with Gasteiger partial charge in [-0.2, -0.15) is 0 Å². The average molecular weight is 440 g/mol. The minimum absolute atomic E-state index is 0.101. The van der Waals surface area contributed by atoms with Gasteiger partial charge in [0.05, 0.1) is 17.4 Å². The lowest BCUT2D eigenvalue weighted by atomic mass is 10.0. The van der Waals surface area contributed by atoms with Crippen molar-refractivity contribution in [2.75, 3.05) is 41.7 Å². The molecule has 8 heteroatoms. The van der Waals surface area contributed by atoms with E-state index in [0.29, 0.717) is 5.95 Å². The first kappa shape index (κ1) is 20.8. The van der Waals surface area contributed by atoms with Crippen LogP contribution in [0.4, 0.5) is 23.1 Å². The molecule has 8 nitrogen and oxygen atoms in total. The van der Waals surface area contributed by atoms with Crippen LogP contribution in [-0.2, 0) is 4.79 Å². The van der Waals surface area contributed by atoms with Crippen LogP contribution < -0.4 is 20.9 Å². The Labute approximate surface area is 192 Å². The number of anilines is 4. The van der Waals surface area contributed by atoms with Gasteiger partial charge in [0.25, 0.3) is 0 Å². The van der Waals surface area contributed by atoms with Crippen LogP contribution in [0.5, 0.6) is 0 Å². The van der Waals surface area contributed by atoms with Crippen molar-refractivity contribution < 1.29 is 4.79 Å². The summed E-state index contributed by atoms with van der Waals surface area (Å²) in [5.41, 5.74) is 4.36. The topological polar surface area (TPSA) is 95.1 Å². The first-order valence-electron chi connectivity index (χ1n) is 11.0. The Bertz CT molecular complexity index is 1280. The van der Waals surface area contributed by atoms with E-state index in [1.54, 1.807) is 0 Å². The predicted molar refractivity (Wildman–Crippen MR) is 132 cm³/mol. The molecule has 2 aromatic heterocycles. The zero-order valence-corrected chi connectivity index (χ0v) is 18.4. The van der Waals surface area contributed by atoms with Crippen LogP contribution >= 0.6 is 0 Å². The first-order chi connectivity index (χ1) is 16.2. The number of amides is 1. The van der Waals surface area contributed by atoms with Crippen LogP contribution in [0.25, 0.3) is 22.0 Å².